The summed E-state index contributed by atoms with van der Waals surface area (Å²) in [6.07, 6.45) is -20.9. The van der Waals surface area contributed by atoms with Crippen LogP contribution < -0.4 is 4.57 Å². The average Bonchev–Trinajstić information content (AvgIpc) is 3.56. The number of alkyl halides is 12. The molecule has 0 unspecified atom stereocenters. The zero-order valence-electron chi connectivity index (χ0n) is 23.8. The predicted octanol–water partition coefficient (Wildman–Crippen LogP) is 8.96. The first-order valence-corrected chi connectivity index (χ1v) is 13.4. The van der Waals surface area contributed by atoms with E-state index in [4.69, 9.17) is 0 Å². The summed E-state index contributed by atoms with van der Waals surface area (Å²) in [6, 6.07) is 6.17. The highest BCUT2D eigenvalue weighted by Crippen LogP contribution is 2.48. The molecule has 2 heterocycles. The van der Waals surface area contributed by atoms with E-state index in [1.165, 1.54) is 11.0 Å². The minimum Gasteiger partial charge on any atom is -0.418 e. The summed E-state index contributed by atoms with van der Waals surface area (Å²) in [6.45, 7) is 0. The fraction of sp³-hybridized carbons (Fsp3) is 0.286. The molecular formula is C28H18BF16N3O. The minimum absolute atomic E-state index is 0.0804. The summed E-state index contributed by atoms with van der Waals surface area (Å²) in [5.74, 6) is 0.114. The maximum atomic E-state index is 13.8. The third-order valence-corrected chi connectivity index (χ3v) is 7.29. The first-order valence-electron chi connectivity index (χ1n) is 13.4. The summed E-state index contributed by atoms with van der Waals surface area (Å²) < 4.78 is 207. The Morgan fingerprint density at radius 2 is 0.959 bits per heavy atom. The maximum Gasteiger partial charge on any atom is 0.673 e. The van der Waals surface area contributed by atoms with Gasteiger partial charge in [-0.2, -0.15) is 52.7 Å². The number of aromatic nitrogens is 3. The Balaban J connectivity index is 0.00000101. The van der Waals surface area contributed by atoms with Crippen molar-refractivity contribution in [3.63, 3.8) is 0 Å². The van der Waals surface area contributed by atoms with Crippen LogP contribution in [-0.4, -0.2) is 22.1 Å². The fourth-order valence-corrected chi connectivity index (χ4v) is 5.25. The molecule has 4 aromatic rings. The monoisotopic (exact) mass is 727 g/mol. The van der Waals surface area contributed by atoms with Gasteiger partial charge in [-0.3, -0.25) is 0 Å². The molecule has 266 valence electrons. The fourth-order valence-electron chi connectivity index (χ4n) is 5.25. The van der Waals surface area contributed by atoms with E-state index < -0.39 is 77.0 Å². The van der Waals surface area contributed by atoms with Gasteiger partial charge >= 0.3 is 32.0 Å². The highest BCUT2D eigenvalue weighted by atomic mass is 19.5. The molecule has 1 aromatic heterocycles. The second-order valence-corrected chi connectivity index (χ2v) is 10.6. The van der Waals surface area contributed by atoms with E-state index >= 15 is 0 Å². The average molecular weight is 727 g/mol. The molecule has 0 saturated heterocycles. The second kappa shape index (κ2) is 12.5. The Morgan fingerprint density at radius 3 is 1.31 bits per heavy atom. The van der Waals surface area contributed by atoms with Crippen molar-refractivity contribution < 1.29 is 79.6 Å². The predicted molar refractivity (Wildman–Crippen MR) is 137 cm³/mol. The molecule has 0 amide bonds. The number of halogens is 16. The lowest BCUT2D eigenvalue weighted by atomic mass is 9.77. The van der Waals surface area contributed by atoms with Crippen LogP contribution in [0.5, 0.6) is 0 Å². The Morgan fingerprint density at radius 1 is 0.612 bits per heavy atom. The van der Waals surface area contributed by atoms with Crippen LogP contribution in [0, 0.1) is 0 Å². The van der Waals surface area contributed by atoms with Crippen LogP contribution >= 0.6 is 0 Å². The molecule has 1 atom stereocenters. The number of nitrogens with zero attached hydrogens (tertiary/aromatic N) is 3. The third-order valence-electron chi connectivity index (χ3n) is 7.29. The number of fused-ring (bicyclic) bond motifs is 1. The van der Waals surface area contributed by atoms with Crippen molar-refractivity contribution in [1.29, 1.82) is 0 Å². The molecule has 0 spiro atoms. The largest absolute Gasteiger partial charge is 0.673 e. The molecule has 1 aliphatic rings. The second-order valence-electron chi connectivity index (χ2n) is 10.6. The first-order chi connectivity index (χ1) is 22.2. The molecule has 1 N–H and O–H groups in total. The zero-order valence-corrected chi connectivity index (χ0v) is 23.8. The zero-order chi connectivity index (χ0) is 37.0. The van der Waals surface area contributed by atoms with Crippen LogP contribution in [0.2, 0.25) is 0 Å². The molecule has 3 aromatic carbocycles. The van der Waals surface area contributed by atoms with Gasteiger partial charge in [-0.05, 0) is 66.1 Å². The number of aryl methyl sites for hydroxylation is 1. The lowest BCUT2D eigenvalue weighted by Gasteiger charge is -2.35. The quantitative estimate of drug-likeness (QED) is 0.130. The number of hydrogen-bond donors (Lipinski definition) is 1. The molecule has 21 heteroatoms. The Kier molecular flexibility index (Phi) is 9.61. The molecule has 49 heavy (non-hydrogen) atoms. The van der Waals surface area contributed by atoms with Crippen LogP contribution in [0.4, 0.5) is 69.9 Å². The molecule has 1 aliphatic heterocycles. The van der Waals surface area contributed by atoms with Crippen molar-refractivity contribution in [2.24, 2.45) is 0 Å². The number of rotatable bonds is 4. The van der Waals surface area contributed by atoms with Gasteiger partial charge in [-0.25, -0.2) is 4.57 Å². The minimum atomic E-state index is -6.00. The smallest absolute Gasteiger partial charge is 0.418 e. The lowest BCUT2D eigenvalue weighted by Crippen LogP contribution is -2.50. The van der Waals surface area contributed by atoms with E-state index in [0.717, 1.165) is 4.57 Å². The van der Waals surface area contributed by atoms with E-state index in [1.54, 1.807) is 30.3 Å². The van der Waals surface area contributed by atoms with Gasteiger partial charge in [0.1, 0.15) is 17.3 Å². The van der Waals surface area contributed by atoms with Crippen LogP contribution in [0.1, 0.15) is 51.7 Å². The molecule has 5 rings (SSSR count). The van der Waals surface area contributed by atoms with Crippen LogP contribution in [0.25, 0.3) is 5.69 Å². The van der Waals surface area contributed by atoms with Crippen LogP contribution in [-0.2, 0) is 36.7 Å². The maximum absolute atomic E-state index is 13.8. The van der Waals surface area contributed by atoms with Crippen molar-refractivity contribution in [2.45, 2.75) is 49.2 Å². The topological polar surface area (TPSA) is 41.9 Å². The number of benzene rings is 3. The molecule has 0 bridgehead atoms. The van der Waals surface area contributed by atoms with Gasteiger partial charge in [0, 0.05) is 11.5 Å². The van der Waals surface area contributed by atoms with E-state index in [-0.39, 0.29) is 55.1 Å². The van der Waals surface area contributed by atoms with Gasteiger partial charge < -0.3 is 22.4 Å². The van der Waals surface area contributed by atoms with Gasteiger partial charge in [0.15, 0.2) is 0 Å². The van der Waals surface area contributed by atoms with Crippen molar-refractivity contribution in [3.8, 4) is 5.69 Å². The van der Waals surface area contributed by atoms with Crippen molar-refractivity contribution >= 4 is 7.25 Å². The standard InChI is InChI=1S/C28H18F12N3O.BF4/c29-25(30,31)17-8-15(9-18(12-17)26(32,33)34)24(44,16-10-19(27(35,36)37)13-20(11-16)28(38,39)40)22-6-7-23-41-43(14-42(22)23)21-4-2-1-3-5-21;2-1(3,4)5/h1-5,8-14,22,44H,6-7H2;/q+1;-1/t22-;/m0./s1. The van der Waals surface area contributed by atoms with Crippen LogP contribution in [0.3, 0.4) is 0 Å². The summed E-state index contributed by atoms with van der Waals surface area (Å²) >= 11 is 0. The third kappa shape index (κ3) is 8.48. The Hall–Kier alpha value is -4.30. The number of hydrogen-bond acceptors (Lipinski definition) is 2. The van der Waals surface area contributed by atoms with Crippen LogP contribution in [0.15, 0.2) is 73.1 Å². The summed E-state index contributed by atoms with van der Waals surface area (Å²) in [5, 5.41) is 16.5. The Labute approximate surface area is 264 Å². The van der Waals surface area contributed by atoms with Gasteiger partial charge in [0.05, 0.1) is 22.3 Å². The molecular weight excluding hydrogens is 709 g/mol. The SMILES string of the molecule is F[B-](F)(F)F.OC(c1cc(C(F)(F)F)cc(C(F)(F)F)c1)(c1cc(C(F)(F)F)cc(C(F)(F)F)c1)[C@@H]1CCc2nn(-c3ccccc3)c[n+]21. The lowest BCUT2D eigenvalue weighted by molar-refractivity contribution is -0.731. The number of aliphatic hydroxyl groups is 1. The van der Waals surface area contributed by atoms with E-state index in [0.29, 0.717) is 5.69 Å². The normalized spacial score (nSPS) is 15.9. The van der Waals surface area contributed by atoms with E-state index in [9.17, 15) is 75.1 Å². The summed E-state index contributed by atoms with van der Waals surface area (Å²) in [4.78, 5) is 0. The van der Waals surface area contributed by atoms with Crippen molar-refractivity contribution in [1.82, 2.24) is 9.78 Å². The summed E-state index contributed by atoms with van der Waals surface area (Å²) in [5.41, 5.74) is -13.0. The number of para-hydroxylation sites is 1. The molecule has 4 nitrogen and oxygen atoms in total. The van der Waals surface area contributed by atoms with E-state index in [1.807, 2.05) is 0 Å². The van der Waals surface area contributed by atoms with Gasteiger partial charge in [-0.1, -0.05) is 22.9 Å². The molecule has 0 fully saturated rings. The van der Waals surface area contributed by atoms with E-state index in [2.05, 4.69) is 5.10 Å². The van der Waals surface area contributed by atoms with Crippen molar-refractivity contribution in [3.05, 3.63) is 112 Å². The van der Waals surface area contributed by atoms with Gasteiger partial charge in [-0.15, -0.1) is 0 Å². The summed E-state index contributed by atoms with van der Waals surface area (Å²) in [7, 11) is -6.00. The van der Waals surface area contributed by atoms with Gasteiger partial charge in [0.25, 0.3) is 5.82 Å². The molecule has 0 aliphatic carbocycles. The molecule has 0 radical (unpaired) electrons. The van der Waals surface area contributed by atoms with Gasteiger partial charge in [0.2, 0.25) is 6.33 Å². The highest BCUT2D eigenvalue weighted by molar-refractivity contribution is 6.50. The highest BCUT2D eigenvalue weighted by Gasteiger charge is 2.52. The molecule has 0 saturated carbocycles. The van der Waals surface area contributed by atoms with Crippen molar-refractivity contribution in [2.75, 3.05) is 0 Å². The Bertz CT molecular complexity index is 1650. The first kappa shape index (κ1) is 37.5.